The van der Waals surface area contributed by atoms with Gasteiger partial charge in [0.25, 0.3) is 0 Å². The fourth-order valence-corrected chi connectivity index (χ4v) is 1.97. The number of aromatic nitrogens is 2. The third-order valence-corrected chi connectivity index (χ3v) is 2.95. The Morgan fingerprint density at radius 1 is 1.28 bits per heavy atom. The fourth-order valence-electron chi connectivity index (χ4n) is 1.97. The van der Waals surface area contributed by atoms with Gasteiger partial charge in [-0.2, -0.15) is 0 Å². The zero-order valence-corrected chi connectivity index (χ0v) is 12.1. The van der Waals surface area contributed by atoms with Gasteiger partial charge in [0.2, 0.25) is 0 Å². The molecule has 1 rings (SSSR count). The monoisotopic (exact) mass is 250 g/mol. The third kappa shape index (κ3) is 4.61. The summed E-state index contributed by atoms with van der Waals surface area (Å²) in [5.74, 6) is 0.994. The Labute approximate surface area is 111 Å². The summed E-state index contributed by atoms with van der Waals surface area (Å²) >= 11 is 0. The number of unbranched alkanes of at least 4 members (excludes halogenated alkanes) is 2. The van der Waals surface area contributed by atoms with Crippen LogP contribution in [-0.4, -0.2) is 29.6 Å². The predicted molar refractivity (Wildman–Crippen MR) is 76.8 cm³/mol. The molecule has 18 heavy (non-hydrogen) atoms. The van der Waals surface area contributed by atoms with E-state index < -0.39 is 0 Å². The zero-order chi connectivity index (χ0) is 13.4. The van der Waals surface area contributed by atoms with Crippen molar-refractivity contribution in [1.29, 1.82) is 0 Å². The van der Waals surface area contributed by atoms with Crippen LogP contribution in [-0.2, 0) is 6.54 Å². The van der Waals surface area contributed by atoms with E-state index in [1.165, 1.54) is 19.3 Å². The van der Waals surface area contributed by atoms with Gasteiger partial charge in [0.15, 0.2) is 0 Å². The van der Waals surface area contributed by atoms with Gasteiger partial charge in [0.1, 0.15) is 5.82 Å². The van der Waals surface area contributed by atoms with Gasteiger partial charge in [-0.3, -0.25) is 4.98 Å². The largest absolute Gasteiger partial charge is 0.353 e. The summed E-state index contributed by atoms with van der Waals surface area (Å²) in [5, 5.41) is 3.11. The molecule has 0 saturated heterocycles. The van der Waals surface area contributed by atoms with Crippen LogP contribution in [0.5, 0.6) is 0 Å². The van der Waals surface area contributed by atoms with Crippen molar-refractivity contribution in [2.45, 2.75) is 52.6 Å². The Morgan fingerprint density at radius 3 is 2.67 bits per heavy atom. The maximum absolute atomic E-state index is 4.66. The minimum absolute atomic E-state index is 0.459. The van der Waals surface area contributed by atoms with Gasteiger partial charge in [0, 0.05) is 25.3 Å². The molecule has 1 heterocycles. The highest BCUT2D eigenvalue weighted by molar-refractivity contribution is 5.37. The van der Waals surface area contributed by atoms with E-state index in [1.807, 2.05) is 19.4 Å². The lowest BCUT2D eigenvalue weighted by molar-refractivity contribution is 0.616. The van der Waals surface area contributed by atoms with E-state index in [9.17, 15) is 0 Å². The number of rotatable bonds is 8. The Bertz CT molecular complexity index is 338. The number of nitrogens with one attached hydrogen (secondary N) is 1. The van der Waals surface area contributed by atoms with E-state index in [1.54, 1.807) is 0 Å². The minimum atomic E-state index is 0.459. The summed E-state index contributed by atoms with van der Waals surface area (Å²) in [6, 6.07) is 0.459. The average molecular weight is 250 g/mol. The second-order valence-corrected chi connectivity index (χ2v) is 4.89. The van der Waals surface area contributed by atoms with Gasteiger partial charge in [-0.1, -0.05) is 19.8 Å². The molecule has 0 fully saturated rings. The van der Waals surface area contributed by atoms with Crippen LogP contribution in [0.1, 0.15) is 45.7 Å². The molecule has 0 amide bonds. The van der Waals surface area contributed by atoms with Gasteiger partial charge < -0.3 is 10.2 Å². The maximum atomic E-state index is 4.66. The van der Waals surface area contributed by atoms with Gasteiger partial charge in [-0.25, -0.2) is 4.98 Å². The van der Waals surface area contributed by atoms with Gasteiger partial charge in [-0.05, 0) is 27.3 Å². The minimum Gasteiger partial charge on any atom is -0.353 e. The lowest BCUT2D eigenvalue weighted by atomic mass is 10.2. The topological polar surface area (TPSA) is 41.1 Å². The lowest BCUT2D eigenvalue weighted by Gasteiger charge is -2.27. The van der Waals surface area contributed by atoms with E-state index in [0.29, 0.717) is 6.04 Å². The van der Waals surface area contributed by atoms with E-state index in [4.69, 9.17) is 0 Å². The molecule has 0 aromatic carbocycles. The van der Waals surface area contributed by atoms with Gasteiger partial charge >= 0.3 is 0 Å². The highest BCUT2D eigenvalue weighted by Crippen LogP contribution is 2.14. The van der Waals surface area contributed by atoms with Crippen LogP contribution in [0.2, 0.25) is 0 Å². The summed E-state index contributed by atoms with van der Waals surface area (Å²) in [6.45, 7) is 8.47. The first-order valence-corrected chi connectivity index (χ1v) is 6.91. The summed E-state index contributed by atoms with van der Waals surface area (Å²) in [4.78, 5) is 11.3. The van der Waals surface area contributed by atoms with E-state index >= 15 is 0 Å². The Hall–Kier alpha value is -1.16. The highest BCUT2D eigenvalue weighted by Gasteiger charge is 2.12. The summed E-state index contributed by atoms with van der Waals surface area (Å²) < 4.78 is 0. The van der Waals surface area contributed by atoms with Crippen LogP contribution in [0.3, 0.4) is 0 Å². The van der Waals surface area contributed by atoms with Crippen LogP contribution in [0.15, 0.2) is 12.4 Å². The fraction of sp³-hybridized carbons (Fsp3) is 0.714. The van der Waals surface area contributed by atoms with Crippen LogP contribution in [0, 0.1) is 0 Å². The Kier molecular flexibility index (Phi) is 6.65. The molecule has 4 nitrogen and oxygen atoms in total. The molecule has 4 heteroatoms. The van der Waals surface area contributed by atoms with Crippen molar-refractivity contribution >= 4 is 5.82 Å². The molecule has 1 aromatic heterocycles. The molecular weight excluding hydrogens is 224 g/mol. The molecule has 0 bridgehead atoms. The number of hydrogen-bond donors (Lipinski definition) is 1. The molecule has 0 radical (unpaired) electrons. The van der Waals surface area contributed by atoms with Crippen LogP contribution < -0.4 is 10.2 Å². The predicted octanol–water partition coefficient (Wildman–Crippen LogP) is 2.60. The molecule has 0 aliphatic carbocycles. The standard InChI is InChI=1S/C14H26N4/c1-5-6-7-8-18(12(2)3)14-11-16-10-13(17-14)9-15-4/h10-12,15H,5-9H2,1-4H3. The second-order valence-electron chi connectivity index (χ2n) is 4.89. The van der Waals surface area contributed by atoms with Crippen molar-refractivity contribution in [1.82, 2.24) is 15.3 Å². The number of nitrogens with zero attached hydrogens (tertiary/aromatic N) is 3. The summed E-state index contributed by atoms with van der Waals surface area (Å²) in [7, 11) is 1.93. The second kappa shape index (κ2) is 8.03. The molecule has 0 aliphatic rings. The zero-order valence-electron chi connectivity index (χ0n) is 12.1. The van der Waals surface area contributed by atoms with Crippen LogP contribution in [0.25, 0.3) is 0 Å². The smallest absolute Gasteiger partial charge is 0.147 e. The van der Waals surface area contributed by atoms with Crippen molar-refractivity contribution in [2.24, 2.45) is 0 Å². The van der Waals surface area contributed by atoms with Crippen molar-refractivity contribution in [3.05, 3.63) is 18.1 Å². The molecule has 1 aromatic rings. The van der Waals surface area contributed by atoms with Crippen LogP contribution in [0.4, 0.5) is 5.82 Å². The first-order valence-electron chi connectivity index (χ1n) is 6.91. The van der Waals surface area contributed by atoms with Crippen molar-refractivity contribution in [3.8, 4) is 0 Å². The van der Waals surface area contributed by atoms with Crippen molar-refractivity contribution in [2.75, 3.05) is 18.5 Å². The van der Waals surface area contributed by atoms with E-state index in [0.717, 1.165) is 24.6 Å². The van der Waals surface area contributed by atoms with E-state index in [2.05, 4.69) is 41.0 Å². The SMILES string of the molecule is CCCCCN(c1cncc(CNC)n1)C(C)C. The molecule has 0 saturated carbocycles. The molecule has 0 unspecified atom stereocenters. The quantitative estimate of drug-likeness (QED) is 0.720. The molecule has 0 aliphatic heterocycles. The number of anilines is 1. The van der Waals surface area contributed by atoms with Crippen LogP contribution >= 0.6 is 0 Å². The molecular formula is C14H26N4. The Balaban J connectivity index is 2.74. The molecule has 102 valence electrons. The first-order chi connectivity index (χ1) is 8.69. The molecule has 0 atom stereocenters. The third-order valence-electron chi connectivity index (χ3n) is 2.95. The highest BCUT2D eigenvalue weighted by atomic mass is 15.2. The van der Waals surface area contributed by atoms with Gasteiger partial charge in [-0.15, -0.1) is 0 Å². The molecule has 1 N–H and O–H groups in total. The van der Waals surface area contributed by atoms with Crippen molar-refractivity contribution in [3.63, 3.8) is 0 Å². The van der Waals surface area contributed by atoms with Crippen molar-refractivity contribution < 1.29 is 0 Å². The van der Waals surface area contributed by atoms with Gasteiger partial charge in [0.05, 0.1) is 11.9 Å². The normalized spacial score (nSPS) is 10.9. The average Bonchev–Trinajstić information content (AvgIpc) is 2.35. The first kappa shape index (κ1) is 14.9. The molecule has 0 spiro atoms. The maximum Gasteiger partial charge on any atom is 0.147 e. The number of hydrogen-bond acceptors (Lipinski definition) is 4. The summed E-state index contributed by atoms with van der Waals surface area (Å²) in [6.07, 6.45) is 7.42. The lowest BCUT2D eigenvalue weighted by Crippen LogP contribution is -2.33. The summed E-state index contributed by atoms with van der Waals surface area (Å²) in [5.41, 5.74) is 0.996. The van der Waals surface area contributed by atoms with E-state index in [-0.39, 0.29) is 0 Å². The Morgan fingerprint density at radius 2 is 2.06 bits per heavy atom.